The van der Waals surface area contributed by atoms with Crippen molar-refractivity contribution in [3.05, 3.63) is 57.2 Å². The fourth-order valence-corrected chi connectivity index (χ4v) is 3.06. The molecule has 1 heterocycles. The molecular weight excluding hydrogens is 327 g/mol. The molecule has 21 heavy (non-hydrogen) atoms. The first-order valence-electron chi connectivity index (χ1n) is 6.51. The minimum Gasteiger partial charge on any atom is -0.226 e. The second-order valence-electron chi connectivity index (χ2n) is 4.60. The Labute approximate surface area is 137 Å². The van der Waals surface area contributed by atoms with Crippen molar-refractivity contribution in [2.24, 2.45) is 0 Å². The summed E-state index contributed by atoms with van der Waals surface area (Å²) >= 11 is 18.7. The molecule has 0 aliphatic heterocycles. The molecule has 0 fully saturated rings. The van der Waals surface area contributed by atoms with Gasteiger partial charge in [0.15, 0.2) is 5.82 Å². The lowest BCUT2D eigenvalue weighted by Crippen LogP contribution is -1.96. The van der Waals surface area contributed by atoms with Crippen LogP contribution in [0.4, 0.5) is 0 Å². The molecule has 0 atom stereocenters. The maximum absolute atomic E-state index is 6.29. The second kappa shape index (κ2) is 5.80. The van der Waals surface area contributed by atoms with Crippen LogP contribution in [0.3, 0.4) is 0 Å². The topological polar surface area (TPSA) is 25.8 Å². The summed E-state index contributed by atoms with van der Waals surface area (Å²) in [5, 5.41) is 1.90. The summed E-state index contributed by atoms with van der Waals surface area (Å²) in [7, 11) is 0. The van der Waals surface area contributed by atoms with Crippen LogP contribution in [0, 0.1) is 0 Å². The van der Waals surface area contributed by atoms with Crippen molar-refractivity contribution < 1.29 is 0 Å². The van der Waals surface area contributed by atoms with Crippen LogP contribution < -0.4 is 0 Å². The summed E-state index contributed by atoms with van der Waals surface area (Å²) in [6.45, 7) is 2.09. The molecule has 0 N–H and O–H groups in total. The predicted molar refractivity (Wildman–Crippen MR) is 89.4 cm³/mol. The highest BCUT2D eigenvalue weighted by Gasteiger charge is 2.14. The molecular formula is C16H11Cl3N2. The van der Waals surface area contributed by atoms with Gasteiger partial charge in [0.25, 0.3) is 0 Å². The molecule has 0 aliphatic rings. The van der Waals surface area contributed by atoms with Gasteiger partial charge >= 0.3 is 0 Å². The van der Waals surface area contributed by atoms with Gasteiger partial charge in [-0.25, -0.2) is 9.97 Å². The average Bonchev–Trinajstić information content (AvgIpc) is 2.50. The van der Waals surface area contributed by atoms with E-state index in [-0.39, 0.29) is 0 Å². The molecule has 0 amide bonds. The number of aromatic nitrogens is 2. The van der Waals surface area contributed by atoms with Gasteiger partial charge in [0, 0.05) is 5.56 Å². The van der Waals surface area contributed by atoms with E-state index in [2.05, 4.69) is 23.0 Å². The number of hydrogen-bond acceptors (Lipinski definition) is 2. The van der Waals surface area contributed by atoms with Gasteiger partial charge in [-0.1, -0.05) is 66.0 Å². The Morgan fingerprint density at radius 2 is 1.62 bits per heavy atom. The first-order chi connectivity index (χ1) is 10.1. The number of nitrogens with zero attached hydrogens (tertiary/aromatic N) is 2. The number of halogens is 3. The van der Waals surface area contributed by atoms with Gasteiger partial charge < -0.3 is 0 Å². The van der Waals surface area contributed by atoms with Gasteiger partial charge in [-0.05, 0) is 24.1 Å². The van der Waals surface area contributed by atoms with Crippen molar-refractivity contribution in [1.29, 1.82) is 0 Å². The summed E-state index contributed by atoms with van der Waals surface area (Å²) in [4.78, 5) is 8.96. The standard InChI is InChI=1S/C16H11Cl3N2/c1-2-9-5-3-4-6-10(9)16-20-14-12(18)8-7-11(17)13(14)15(19)21-16/h3-8H,2H2,1H3. The van der Waals surface area contributed by atoms with Crippen LogP contribution in [-0.4, -0.2) is 9.97 Å². The van der Waals surface area contributed by atoms with Gasteiger partial charge in [0.1, 0.15) is 5.15 Å². The SMILES string of the molecule is CCc1ccccc1-c1nc(Cl)c2c(Cl)ccc(Cl)c2n1. The number of fused-ring (bicyclic) bond motifs is 1. The maximum Gasteiger partial charge on any atom is 0.161 e. The van der Waals surface area contributed by atoms with Gasteiger partial charge in [-0.2, -0.15) is 0 Å². The van der Waals surface area contributed by atoms with Gasteiger partial charge in [-0.15, -0.1) is 0 Å². The van der Waals surface area contributed by atoms with Crippen molar-refractivity contribution >= 4 is 45.7 Å². The van der Waals surface area contributed by atoms with E-state index in [9.17, 15) is 0 Å². The van der Waals surface area contributed by atoms with Crippen LogP contribution in [0.5, 0.6) is 0 Å². The Bertz CT molecular complexity index is 831. The van der Waals surface area contributed by atoms with Crippen LogP contribution in [0.15, 0.2) is 36.4 Å². The minimum atomic E-state index is 0.313. The van der Waals surface area contributed by atoms with Gasteiger partial charge in [-0.3, -0.25) is 0 Å². The lowest BCUT2D eigenvalue weighted by atomic mass is 10.0. The Kier molecular flexibility index (Phi) is 4.03. The lowest BCUT2D eigenvalue weighted by Gasteiger charge is -2.10. The van der Waals surface area contributed by atoms with Crippen LogP contribution in [0.25, 0.3) is 22.3 Å². The monoisotopic (exact) mass is 336 g/mol. The average molecular weight is 338 g/mol. The zero-order valence-corrected chi connectivity index (χ0v) is 13.5. The van der Waals surface area contributed by atoms with Gasteiger partial charge in [0.05, 0.1) is 20.9 Å². The quantitative estimate of drug-likeness (QED) is 0.551. The molecule has 106 valence electrons. The number of aryl methyl sites for hydroxylation is 1. The van der Waals surface area contributed by atoms with Crippen molar-refractivity contribution in [3.8, 4) is 11.4 Å². The van der Waals surface area contributed by atoms with E-state index in [4.69, 9.17) is 34.8 Å². The third-order valence-electron chi connectivity index (χ3n) is 3.35. The Balaban J connectivity index is 2.33. The van der Waals surface area contributed by atoms with Gasteiger partial charge in [0.2, 0.25) is 0 Å². The lowest BCUT2D eigenvalue weighted by molar-refractivity contribution is 1.12. The van der Waals surface area contributed by atoms with E-state index in [0.29, 0.717) is 31.9 Å². The van der Waals surface area contributed by atoms with E-state index in [1.165, 1.54) is 0 Å². The second-order valence-corrected chi connectivity index (χ2v) is 5.77. The molecule has 2 aromatic carbocycles. The first kappa shape index (κ1) is 14.6. The van der Waals surface area contributed by atoms with E-state index in [1.54, 1.807) is 12.1 Å². The molecule has 0 unspecified atom stereocenters. The van der Waals surface area contributed by atoms with E-state index in [0.717, 1.165) is 17.5 Å². The van der Waals surface area contributed by atoms with Crippen LogP contribution in [0.1, 0.15) is 12.5 Å². The van der Waals surface area contributed by atoms with Crippen molar-refractivity contribution in [2.75, 3.05) is 0 Å². The molecule has 0 spiro atoms. The zero-order chi connectivity index (χ0) is 15.0. The normalized spacial score (nSPS) is 11.0. The fraction of sp³-hybridized carbons (Fsp3) is 0.125. The molecule has 2 nitrogen and oxygen atoms in total. The Hall–Kier alpha value is -1.35. The number of hydrogen-bond donors (Lipinski definition) is 0. The Morgan fingerprint density at radius 1 is 0.905 bits per heavy atom. The molecule has 0 radical (unpaired) electrons. The summed E-state index contributed by atoms with van der Waals surface area (Å²) in [6, 6.07) is 11.4. The summed E-state index contributed by atoms with van der Waals surface area (Å²) in [5.74, 6) is 0.564. The third-order valence-corrected chi connectivity index (χ3v) is 4.24. The Morgan fingerprint density at radius 3 is 2.38 bits per heavy atom. The molecule has 0 saturated carbocycles. The molecule has 1 aromatic heterocycles. The minimum absolute atomic E-state index is 0.313. The molecule has 0 saturated heterocycles. The highest BCUT2D eigenvalue weighted by molar-refractivity contribution is 6.44. The van der Waals surface area contributed by atoms with E-state index >= 15 is 0 Å². The molecule has 5 heteroatoms. The van der Waals surface area contributed by atoms with Crippen LogP contribution in [0.2, 0.25) is 15.2 Å². The highest BCUT2D eigenvalue weighted by Crippen LogP contribution is 2.34. The number of rotatable bonds is 2. The fourth-order valence-electron chi connectivity index (χ4n) is 2.29. The number of benzene rings is 2. The smallest absolute Gasteiger partial charge is 0.161 e. The summed E-state index contributed by atoms with van der Waals surface area (Å²) in [6.07, 6.45) is 0.887. The molecule has 0 bridgehead atoms. The van der Waals surface area contributed by atoms with Crippen molar-refractivity contribution in [1.82, 2.24) is 9.97 Å². The maximum atomic E-state index is 6.29. The summed E-state index contributed by atoms with van der Waals surface area (Å²) in [5.41, 5.74) is 2.69. The molecule has 0 aliphatic carbocycles. The zero-order valence-electron chi connectivity index (χ0n) is 11.2. The molecule has 3 rings (SSSR count). The largest absolute Gasteiger partial charge is 0.226 e. The molecule has 3 aromatic rings. The van der Waals surface area contributed by atoms with Crippen LogP contribution >= 0.6 is 34.8 Å². The van der Waals surface area contributed by atoms with Crippen LogP contribution in [-0.2, 0) is 6.42 Å². The predicted octanol–water partition coefficient (Wildman–Crippen LogP) is 5.82. The van der Waals surface area contributed by atoms with E-state index < -0.39 is 0 Å². The first-order valence-corrected chi connectivity index (χ1v) is 7.64. The van der Waals surface area contributed by atoms with Crippen molar-refractivity contribution in [2.45, 2.75) is 13.3 Å². The third kappa shape index (κ3) is 2.59. The highest BCUT2D eigenvalue weighted by atomic mass is 35.5. The summed E-state index contributed by atoms with van der Waals surface area (Å²) < 4.78 is 0. The van der Waals surface area contributed by atoms with E-state index in [1.807, 2.05) is 18.2 Å². The van der Waals surface area contributed by atoms with Crippen molar-refractivity contribution in [3.63, 3.8) is 0 Å².